The van der Waals surface area contributed by atoms with Crippen LogP contribution in [0.15, 0.2) is 12.1 Å². The van der Waals surface area contributed by atoms with E-state index in [0.717, 1.165) is 29.9 Å². The molecule has 23 heavy (non-hydrogen) atoms. The Balaban J connectivity index is 1.76. The van der Waals surface area contributed by atoms with Crippen molar-refractivity contribution in [2.45, 2.75) is 51.7 Å². The van der Waals surface area contributed by atoms with Crippen LogP contribution in [-0.4, -0.2) is 31.2 Å². The third kappa shape index (κ3) is 3.29. The summed E-state index contributed by atoms with van der Waals surface area (Å²) in [4.78, 5) is 12.0. The van der Waals surface area contributed by atoms with Crippen LogP contribution < -0.4 is 20.5 Å². The van der Waals surface area contributed by atoms with Crippen LogP contribution in [0.25, 0.3) is 0 Å². The second-order valence-electron chi connectivity index (χ2n) is 6.66. The van der Waals surface area contributed by atoms with Crippen LogP contribution in [0.1, 0.15) is 44.2 Å². The van der Waals surface area contributed by atoms with Gasteiger partial charge in [-0.1, -0.05) is 6.92 Å². The van der Waals surface area contributed by atoms with Crippen LogP contribution in [0, 0.1) is 5.92 Å². The van der Waals surface area contributed by atoms with E-state index in [4.69, 9.17) is 15.2 Å². The van der Waals surface area contributed by atoms with E-state index in [-0.39, 0.29) is 24.0 Å². The zero-order chi connectivity index (χ0) is 16.6. The number of rotatable bonds is 6. The van der Waals surface area contributed by atoms with Gasteiger partial charge >= 0.3 is 0 Å². The first-order valence-corrected chi connectivity index (χ1v) is 8.50. The molecule has 126 valence electrons. The summed E-state index contributed by atoms with van der Waals surface area (Å²) in [5.41, 5.74) is 7.91. The first-order valence-electron chi connectivity index (χ1n) is 8.50. The number of carbonyl (C=O) groups excluding carboxylic acids is 1. The van der Waals surface area contributed by atoms with Gasteiger partial charge in [0, 0.05) is 42.0 Å². The van der Waals surface area contributed by atoms with Crippen molar-refractivity contribution in [1.82, 2.24) is 5.32 Å². The third-order valence-corrected chi connectivity index (χ3v) is 4.65. The summed E-state index contributed by atoms with van der Waals surface area (Å²) in [5, 5.41) is 3.08. The molecule has 0 aromatic heterocycles. The molecule has 4 unspecified atom stereocenters. The molecule has 0 bridgehead atoms. The highest BCUT2D eigenvalue weighted by Crippen LogP contribution is 2.48. The van der Waals surface area contributed by atoms with E-state index >= 15 is 0 Å². The Labute approximate surface area is 137 Å². The molecule has 0 saturated heterocycles. The maximum Gasteiger partial charge on any atom is 0.224 e. The maximum atomic E-state index is 12.0. The van der Waals surface area contributed by atoms with Gasteiger partial charge in [0.25, 0.3) is 0 Å². The second-order valence-corrected chi connectivity index (χ2v) is 6.66. The normalized spacial score (nSPS) is 26.2. The zero-order valence-electron chi connectivity index (χ0n) is 14.1. The fraction of sp³-hybridized carbons (Fsp3) is 0.611. The van der Waals surface area contributed by atoms with Gasteiger partial charge < -0.3 is 20.5 Å². The van der Waals surface area contributed by atoms with Gasteiger partial charge in [-0.2, -0.15) is 0 Å². The molecule has 1 aliphatic carbocycles. The van der Waals surface area contributed by atoms with Crippen LogP contribution in [0.5, 0.6) is 11.5 Å². The average Bonchev–Trinajstić information content (AvgIpc) is 3.18. The quantitative estimate of drug-likeness (QED) is 0.841. The SMILES string of the molecule is CCOc1cc2c(cc1C1CC1NC(=O)C(C)CN)OC(C)C2. The fourth-order valence-corrected chi connectivity index (χ4v) is 3.16. The van der Waals surface area contributed by atoms with Gasteiger partial charge in [0.15, 0.2) is 0 Å². The summed E-state index contributed by atoms with van der Waals surface area (Å²) >= 11 is 0. The van der Waals surface area contributed by atoms with Gasteiger partial charge in [-0.3, -0.25) is 4.79 Å². The van der Waals surface area contributed by atoms with Gasteiger partial charge in [-0.25, -0.2) is 0 Å². The van der Waals surface area contributed by atoms with Crippen molar-refractivity contribution in [3.05, 3.63) is 23.3 Å². The van der Waals surface area contributed by atoms with Crippen molar-refractivity contribution in [2.24, 2.45) is 11.7 Å². The molecule has 1 heterocycles. The van der Waals surface area contributed by atoms with E-state index in [1.165, 1.54) is 5.56 Å². The van der Waals surface area contributed by atoms with Gasteiger partial charge in [-0.05, 0) is 32.4 Å². The second kappa shape index (κ2) is 6.40. The predicted molar refractivity (Wildman–Crippen MR) is 88.9 cm³/mol. The van der Waals surface area contributed by atoms with Crippen LogP contribution in [-0.2, 0) is 11.2 Å². The lowest BCUT2D eigenvalue weighted by molar-refractivity contribution is -0.124. The molecule has 1 aromatic carbocycles. The minimum atomic E-state index is -0.146. The molecule has 2 aliphatic rings. The van der Waals surface area contributed by atoms with E-state index < -0.39 is 0 Å². The molecular weight excluding hydrogens is 292 g/mol. The summed E-state index contributed by atoms with van der Waals surface area (Å²) in [6.45, 7) is 6.93. The molecule has 0 spiro atoms. The van der Waals surface area contributed by atoms with Gasteiger partial charge in [0.05, 0.1) is 6.61 Å². The lowest BCUT2D eigenvalue weighted by Crippen LogP contribution is -2.35. The number of nitrogens with two attached hydrogens (primary N) is 1. The number of ether oxygens (including phenoxy) is 2. The van der Waals surface area contributed by atoms with Crippen molar-refractivity contribution in [1.29, 1.82) is 0 Å². The molecular formula is C18H26N2O3. The third-order valence-electron chi connectivity index (χ3n) is 4.65. The topological polar surface area (TPSA) is 73.6 Å². The van der Waals surface area contributed by atoms with Gasteiger partial charge in [0.1, 0.15) is 17.6 Å². The van der Waals surface area contributed by atoms with Gasteiger partial charge in [-0.15, -0.1) is 0 Å². The van der Waals surface area contributed by atoms with Crippen molar-refractivity contribution in [3.63, 3.8) is 0 Å². The molecule has 3 rings (SSSR count). The number of hydrogen-bond acceptors (Lipinski definition) is 4. The van der Waals surface area contributed by atoms with Crippen LogP contribution >= 0.6 is 0 Å². The van der Waals surface area contributed by atoms with E-state index in [0.29, 0.717) is 19.1 Å². The molecule has 1 aromatic rings. The molecule has 0 radical (unpaired) electrons. The highest BCUT2D eigenvalue weighted by Gasteiger charge is 2.42. The molecule has 1 fully saturated rings. The molecule has 4 atom stereocenters. The van der Waals surface area contributed by atoms with Gasteiger partial charge in [0.2, 0.25) is 5.91 Å². The number of carbonyl (C=O) groups is 1. The number of amides is 1. The molecule has 5 nitrogen and oxygen atoms in total. The Bertz CT molecular complexity index is 602. The van der Waals surface area contributed by atoms with Crippen molar-refractivity contribution in [3.8, 4) is 11.5 Å². The minimum Gasteiger partial charge on any atom is -0.494 e. The Morgan fingerprint density at radius 2 is 2.30 bits per heavy atom. The largest absolute Gasteiger partial charge is 0.494 e. The Kier molecular flexibility index (Phi) is 4.48. The zero-order valence-corrected chi connectivity index (χ0v) is 14.1. The summed E-state index contributed by atoms with van der Waals surface area (Å²) in [5.74, 6) is 2.08. The van der Waals surface area contributed by atoms with E-state index in [1.807, 2.05) is 13.8 Å². The van der Waals surface area contributed by atoms with Crippen molar-refractivity contribution >= 4 is 5.91 Å². The Morgan fingerprint density at radius 1 is 1.52 bits per heavy atom. The summed E-state index contributed by atoms with van der Waals surface area (Å²) in [6.07, 6.45) is 2.08. The van der Waals surface area contributed by atoms with E-state index in [2.05, 4.69) is 24.4 Å². The maximum absolute atomic E-state index is 12.0. The van der Waals surface area contributed by atoms with Crippen molar-refractivity contribution in [2.75, 3.05) is 13.2 Å². The predicted octanol–water partition coefficient (Wildman–Crippen LogP) is 1.98. The number of fused-ring (bicyclic) bond motifs is 1. The van der Waals surface area contributed by atoms with Crippen molar-refractivity contribution < 1.29 is 14.3 Å². The van der Waals surface area contributed by atoms with Crippen LogP contribution in [0.3, 0.4) is 0 Å². The van der Waals surface area contributed by atoms with E-state index in [9.17, 15) is 4.79 Å². The molecule has 1 aliphatic heterocycles. The first-order chi connectivity index (χ1) is 11.0. The Hall–Kier alpha value is -1.75. The fourth-order valence-electron chi connectivity index (χ4n) is 3.16. The summed E-state index contributed by atoms with van der Waals surface area (Å²) < 4.78 is 11.7. The highest BCUT2D eigenvalue weighted by atomic mass is 16.5. The summed E-state index contributed by atoms with van der Waals surface area (Å²) in [6, 6.07) is 4.39. The number of benzene rings is 1. The average molecular weight is 318 g/mol. The lowest BCUT2D eigenvalue weighted by atomic mass is 10.0. The molecule has 1 amide bonds. The first kappa shape index (κ1) is 16.1. The standard InChI is InChI=1S/C18H26N2O3/c1-4-22-17-6-12-5-11(3)23-16(12)8-14(17)13-7-15(13)20-18(21)10(2)9-19/h6,8,10-11,13,15H,4-5,7,9,19H2,1-3H3,(H,20,21). The smallest absolute Gasteiger partial charge is 0.224 e. The monoisotopic (exact) mass is 318 g/mol. The van der Waals surface area contributed by atoms with Crippen LogP contribution in [0.4, 0.5) is 0 Å². The molecule has 3 N–H and O–H groups in total. The van der Waals surface area contributed by atoms with E-state index in [1.54, 1.807) is 0 Å². The number of hydrogen-bond donors (Lipinski definition) is 2. The number of nitrogens with one attached hydrogen (secondary N) is 1. The molecule has 1 saturated carbocycles. The highest BCUT2D eigenvalue weighted by molar-refractivity contribution is 5.79. The minimum absolute atomic E-state index is 0.0315. The van der Waals surface area contributed by atoms with Crippen LogP contribution in [0.2, 0.25) is 0 Å². The molecule has 5 heteroatoms. The summed E-state index contributed by atoms with van der Waals surface area (Å²) in [7, 11) is 0. The Morgan fingerprint density at radius 3 is 3.00 bits per heavy atom. The lowest BCUT2D eigenvalue weighted by Gasteiger charge is -2.14.